The van der Waals surface area contributed by atoms with E-state index in [9.17, 15) is 9.90 Å². The van der Waals surface area contributed by atoms with E-state index in [0.717, 1.165) is 88.0 Å². The Morgan fingerprint density at radius 1 is 1.17 bits per heavy atom. The summed E-state index contributed by atoms with van der Waals surface area (Å²) in [7, 11) is 0. The molecule has 3 aliphatic heterocycles. The van der Waals surface area contributed by atoms with Crippen LogP contribution < -0.4 is 0 Å². The van der Waals surface area contributed by atoms with Gasteiger partial charge in [-0.05, 0) is 61.8 Å². The van der Waals surface area contributed by atoms with Gasteiger partial charge in [0.15, 0.2) is 0 Å². The molecular formula is C24H31N3O3. The molecule has 1 N–H and O–H groups in total. The average molecular weight is 410 g/mol. The fraction of sp³-hybridized carbons (Fsp3) is 0.583. The van der Waals surface area contributed by atoms with Crippen LogP contribution in [0.25, 0.3) is 10.9 Å². The summed E-state index contributed by atoms with van der Waals surface area (Å²) in [6, 6.07) is 10.2. The number of amides is 1. The van der Waals surface area contributed by atoms with Gasteiger partial charge in [-0.3, -0.25) is 14.7 Å². The van der Waals surface area contributed by atoms with Crippen molar-refractivity contribution >= 4 is 16.8 Å². The highest BCUT2D eigenvalue weighted by atomic mass is 16.5. The predicted octanol–water partition coefficient (Wildman–Crippen LogP) is 2.70. The Morgan fingerprint density at radius 2 is 1.97 bits per heavy atom. The van der Waals surface area contributed by atoms with Gasteiger partial charge in [0.05, 0.1) is 11.6 Å². The van der Waals surface area contributed by atoms with Gasteiger partial charge in [0.2, 0.25) is 0 Å². The topological polar surface area (TPSA) is 65.9 Å². The van der Waals surface area contributed by atoms with Crippen LogP contribution in [0.1, 0.15) is 42.5 Å². The number of piperidine rings is 2. The van der Waals surface area contributed by atoms with Crippen LogP contribution in [0, 0.1) is 5.41 Å². The molecule has 3 aliphatic rings. The summed E-state index contributed by atoms with van der Waals surface area (Å²) in [5, 5.41) is 11.6. The van der Waals surface area contributed by atoms with Gasteiger partial charge in [-0.2, -0.15) is 0 Å². The quantitative estimate of drug-likeness (QED) is 0.826. The zero-order valence-corrected chi connectivity index (χ0v) is 17.5. The molecule has 5 rings (SSSR count). The number of carbonyl (C=O) groups excluding carboxylic acids is 1. The Balaban J connectivity index is 1.26. The summed E-state index contributed by atoms with van der Waals surface area (Å²) in [5.74, 6) is 0.105. The molecule has 1 amide bonds. The number of aliphatic hydroxyl groups excluding tert-OH is 1. The number of likely N-dealkylation sites (tertiary alicyclic amines) is 2. The molecule has 1 aromatic heterocycles. The minimum absolute atomic E-state index is 0.105. The van der Waals surface area contributed by atoms with Gasteiger partial charge < -0.3 is 14.7 Å². The third-order valence-corrected chi connectivity index (χ3v) is 7.32. The maximum atomic E-state index is 13.1. The molecule has 3 fully saturated rings. The number of rotatable bonds is 2. The van der Waals surface area contributed by atoms with Crippen molar-refractivity contribution in [3.05, 3.63) is 42.1 Å². The zero-order valence-electron chi connectivity index (χ0n) is 17.5. The van der Waals surface area contributed by atoms with E-state index >= 15 is 0 Å². The van der Waals surface area contributed by atoms with Gasteiger partial charge in [0.1, 0.15) is 0 Å². The molecule has 6 heteroatoms. The third kappa shape index (κ3) is 3.96. The number of hydrogen-bond acceptors (Lipinski definition) is 5. The van der Waals surface area contributed by atoms with E-state index in [1.165, 1.54) is 0 Å². The first-order valence-electron chi connectivity index (χ1n) is 11.3. The predicted molar refractivity (Wildman–Crippen MR) is 115 cm³/mol. The lowest BCUT2D eigenvalue weighted by molar-refractivity contribution is -0.0695. The van der Waals surface area contributed by atoms with Crippen molar-refractivity contribution in [2.45, 2.75) is 44.2 Å². The van der Waals surface area contributed by atoms with Gasteiger partial charge in [-0.25, -0.2) is 0 Å². The van der Waals surface area contributed by atoms with Crippen LogP contribution in [-0.2, 0) is 4.74 Å². The van der Waals surface area contributed by atoms with E-state index in [0.29, 0.717) is 6.04 Å². The molecule has 6 nitrogen and oxygen atoms in total. The number of aliphatic hydroxyl groups is 1. The van der Waals surface area contributed by atoms with Crippen LogP contribution in [0.2, 0.25) is 0 Å². The van der Waals surface area contributed by atoms with E-state index in [4.69, 9.17) is 4.74 Å². The third-order valence-electron chi connectivity index (χ3n) is 7.32. The Kier molecular flexibility index (Phi) is 5.48. The minimum Gasteiger partial charge on any atom is -0.392 e. The number of β-amino-alcohol motifs (C(OH)–C–C–N with tert-alkyl or cyclic N) is 1. The van der Waals surface area contributed by atoms with Crippen molar-refractivity contribution in [2.24, 2.45) is 5.41 Å². The van der Waals surface area contributed by atoms with Crippen LogP contribution in [0.15, 0.2) is 36.5 Å². The van der Waals surface area contributed by atoms with Crippen molar-refractivity contribution < 1.29 is 14.6 Å². The first-order valence-corrected chi connectivity index (χ1v) is 11.3. The van der Waals surface area contributed by atoms with Crippen LogP contribution in [0.5, 0.6) is 0 Å². The lowest BCUT2D eigenvalue weighted by Gasteiger charge is -2.51. The molecule has 0 radical (unpaired) electrons. The van der Waals surface area contributed by atoms with Crippen molar-refractivity contribution in [1.82, 2.24) is 14.8 Å². The molecule has 0 bridgehead atoms. The second kappa shape index (κ2) is 8.25. The Morgan fingerprint density at radius 3 is 2.77 bits per heavy atom. The molecule has 1 aromatic carbocycles. The van der Waals surface area contributed by atoms with Gasteiger partial charge in [-0.1, -0.05) is 6.07 Å². The fourth-order valence-corrected chi connectivity index (χ4v) is 5.66. The second-order valence-electron chi connectivity index (χ2n) is 9.33. The molecule has 2 aromatic rings. The molecule has 0 saturated carbocycles. The Hall–Kier alpha value is -2.02. The lowest BCUT2D eigenvalue weighted by Crippen LogP contribution is -2.57. The SMILES string of the molecule is O=C(c1ccc2ncccc2c1)N1CCC2(CC1)CC(O)CN(C1CCOCC1)C2. The van der Waals surface area contributed by atoms with E-state index in [1.54, 1.807) is 6.20 Å². The number of fused-ring (bicyclic) bond motifs is 1. The zero-order chi connectivity index (χ0) is 20.6. The molecule has 1 spiro atoms. The van der Waals surface area contributed by atoms with Gasteiger partial charge in [-0.15, -0.1) is 0 Å². The number of aromatic nitrogens is 1. The summed E-state index contributed by atoms with van der Waals surface area (Å²) in [5.41, 5.74) is 1.77. The number of nitrogens with zero attached hydrogens (tertiary/aromatic N) is 3. The van der Waals surface area contributed by atoms with Gasteiger partial charge >= 0.3 is 0 Å². The molecule has 0 aliphatic carbocycles. The van der Waals surface area contributed by atoms with E-state index in [2.05, 4.69) is 9.88 Å². The largest absolute Gasteiger partial charge is 0.392 e. The minimum atomic E-state index is -0.267. The van der Waals surface area contributed by atoms with Crippen molar-refractivity contribution in [2.75, 3.05) is 39.4 Å². The molecule has 1 unspecified atom stereocenters. The number of carbonyl (C=O) groups is 1. The number of ether oxygens (including phenoxy) is 1. The Labute approximate surface area is 177 Å². The van der Waals surface area contributed by atoms with E-state index < -0.39 is 0 Å². The summed E-state index contributed by atoms with van der Waals surface area (Å²) >= 11 is 0. The molecular weight excluding hydrogens is 378 g/mol. The maximum absolute atomic E-state index is 13.1. The van der Waals surface area contributed by atoms with Crippen LogP contribution in [-0.4, -0.2) is 77.3 Å². The first kappa shape index (κ1) is 19.9. The molecule has 30 heavy (non-hydrogen) atoms. The summed E-state index contributed by atoms with van der Waals surface area (Å²) in [6.07, 6.45) is 6.41. The standard InChI is InChI=1S/C24H31N3O3/c28-21-15-24(17-27(16-21)20-5-12-30-13-6-20)7-10-26(11-8-24)23(29)19-3-4-22-18(14-19)2-1-9-25-22/h1-4,9,14,20-21,28H,5-8,10-13,15-17H2. The van der Waals surface area contributed by atoms with Crippen molar-refractivity contribution in [3.8, 4) is 0 Å². The number of pyridine rings is 1. The van der Waals surface area contributed by atoms with Crippen LogP contribution in [0.3, 0.4) is 0 Å². The number of benzene rings is 1. The summed E-state index contributed by atoms with van der Waals surface area (Å²) < 4.78 is 5.53. The van der Waals surface area contributed by atoms with Crippen molar-refractivity contribution in [1.29, 1.82) is 0 Å². The van der Waals surface area contributed by atoms with Crippen LogP contribution in [0.4, 0.5) is 0 Å². The average Bonchev–Trinajstić information content (AvgIpc) is 2.79. The number of hydrogen-bond donors (Lipinski definition) is 1. The van der Waals surface area contributed by atoms with E-state index in [-0.39, 0.29) is 17.4 Å². The van der Waals surface area contributed by atoms with Crippen LogP contribution >= 0.6 is 0 Å². The normalized spacial score (nSPS) is 25.6. The summed E-state index contributed by atoms with van der Waals surface area (Å²) in [4.78, 5) is 22.0. The van der Waals surface area contributed by atoms with E-state index in [1.807, 2.05) is 35.2 Å². The summed E-state index contributed by atoms with van der Waals surface area (Å²) in [6.45, 7) is 5.00. The molecule has 1 atom stereocenters. The van der Waals surface area contributed by atoms with Gasteiger partial charge in [0, 0.05) is 62.6 Å². The maximum Gasteiger partial charge on any atom is 0.253 e. The Bertz CT molecular complexity index is 903. The molecule has 3 saturated heterocycles. The van der Waals surface area contributed by atoms with Crippen molar-refractivity contribution in [3.63, 3.8) is 0 Å². The second-order valence-corrected chi connectivity index (χ2v) is 9.33. The van der Waals surface area contributed by atoms with Gasteiger partial charge in [0.25, 0.3) is 5.91 Å². The molecule has 4 heterocycles. The highest BCUT2D eigenvalue weighted by molar-refractivity contribution is 5.98. The first-order chi connectivity index (χ1) is 14.6. The molecule has 160 valence electrons. The lowest BCUT2D eigenvalue weighted by atomic mass is 9.71. The highest BCUT2D eigenvalue weighted by Crippen LogP contribution is 2.41. The fourth-order valence-electron chi connectivity index (χ4n) is 5.66. The monoisotopic (exact) mass is 409 g/mol. The highest BCUT2D eigenvalue weighted by Gasteiger charge is 2.43. The smallest absolute Gasteiger partial charge is 0.253 e.